The van der Waals surface area contributed by atoms with E-state index in [2.05, 4.69) is 15.5 Å². The molecule has 0 fully saturated rings. The highest BCUT2D eigenvalue weighted by molar-refractivity contribution is 6.04. The van der Waals surface area contributed by atoms with E-state index >= 15 is 0 Å². The highest BCUT2D eigenvalue weighted by Crippen LogP contribution is 2.30. The van der Waals surface area contributed by atoms with Crippen LogP contribution in [0.1, 0.15) is 47.3 Å². The largest absolute Gasteiger partial charge is 0.466 e. The zero-order valence-corrected chi connectivity index (χ0v) is 18.4. The molecule has 10 nitrogen and oxygen atoms in total. The van der Waals surface area contributed by atoms with E-state index in [-0.39, 0.29) is 30.2 Å². The zero-order chi connectivity index (χ0) is 23.3. The van der Waals surface area contributed by atoms with E-state index in [4.69, 9.17) is 18.4 Å². The Kier molecular flexibility index (Phi) is 7.24. The van der Waals surface area contributed by atoms with Gasteiger partial charge in [-0.3, -0.25) is 9.59 Å². The third-order valence-electron chi connectivity index (χ3n) is 4.67. The van der Waals surface area contributed by atoms with Crippen molar-refractivity contribution in [3.05, 3.63) is 34.9 Å². The highest BCUT2D eigenvalue weighted by atomic mass is 16.5. The predicted molar refractivity (Wildman–Crippen MR) is 113 cm³/mol. The average Bonchev–Trinajstić information content (AvgIpc) is 3.30. The predicted octanol–water partition coefficient (Wildman–Crippen LogP) is 3.02. The molecule has 10 heteroatoms. The number of esters is 2. The van der Waals surface area contributed by atoms with Gasteiger partial charge in [-0.1, -0.05) is 5.16 Å². The summed E-state index contributed by atoms with van der Waals surface area (Å²) in [6, 6.07) is 3.38. The van der Waals surface area contributed by atoms with Gasteiger partial charge in [-0.25, -0.2) is 9.78 Å². The van der Waals surface area contributed by atoms with E-state index in [1.165, 1.54) is 0 Å². The van der Waals surface area contributed by atoms with Crippen LogP contribution in [0, 0.1) is 20.8 Å². The van der Waals surface area contributed by atoms with E-state index in [9.17, 15) is 14.4 Å². The number of carbonyl (C=O) groups is 3. The Hall–Kier alpha value is -3.69. The first-order valence-corrected chi connectivity index (χ1v) is 10.2. The molecular weight excluding hydrogens is 418 g/mol. The topological polar surface area (TPSA) is 134 Å². The fourth-order valence-corrected chi connectivity index (χ4v) is 3.23. The maximum Gasteiger partial charge on any atom is 0.339 e. The van der Waals surface area contributed by atoms with Gasteiger partial charge in [-0.2, -0.15) is 0 Å². The van der Waals surface area contributed by atoms with Crippen LogP contribution in [0.15, 0.2) is 21.1 Å². The van der Waals surface area contributed by atoms with Gasteiger partial charge in [0.1, 0.15) is 11.5 Å². The van der Waals surface area contributed by atoms with Gasteiger partial charge in [0.15, 0.2) is 6.61 Å². The minimum atomic E-state index is -0.704. The molecule has 3 rings (SSSR count). The summed E-state index contributed by atoms with van der Waals surface area (Å²) in [6.45, 7) is 7.14. The molecule has 0 atom stereocenters. The number of furan rings is 1. The van der Waals surface area contributed by atoms with Crippen molar-refractivity contribution in [1.82, 2.24) is 15.5 Å². The summed E-state index contributed by atoms with van der Waals surface area (Å²) in [5.41, 5.74) is 2.05. The van der Waals surface area contributed by atoms with Crippen LogP contribution in [0.2, 0.25) is 0 Å². The van der Waals surface area contributed by atoms with Crippen molar-refractivity contribution in [2.24, 2.45) is 0 Å². The van der Waals surface area contributed by atoms with Crippen LogP contribution in [0.4, 0.5) is 0 Å². The highest BCUT2D eigenvalue weighted by Gasteiger charge is 2.22. The lowest BCUT2D eigenvalue weighted by Gasteiger charge is -2.08. The van der Waals surface area contributed by atoms with Gasteiger partial charge in [0.25, 0.3) is 11.6 Å². The molecule has 0 saturated heterocycles. The third-order valence-corrected chi connectivity index (χ3v) is 4.67. The Morgan fingerprint density at radius 1 is 1.12 bits per heavy atom. The second-order valence-electron chi connectivity index (χ2n) is 7.16. The van der Waals surface area contributed by atoms with Gasteiger partial charge in [-0.05, 0) is 46.2 Å². The first-order chi connectivity index (χ1) is 15.3. The number of hydrogen-bond donors (Lipinski definition) is 1. The van der Waals surface area contributed by atoms with Crippen LogP contribution in [-0.2, 0) is 19.1 Å². The average molecular weight is 443 g/mol. The smallest absolute Gasteiger partial charge is 0.339 e. The lowest BCUT2D eigenvalue weighted by molar-refractivity contribution is -0.143. The maximum absolute atomic E-state index is 12.8. The fourth-order valence-electron chi connectivity index (χ4n) is 3.23. The molecule has 0 aliphatic rings. The number of aryl methyl sites for hydroxylation is 3. The first kappa shape index (κ1) is 23.0. The molecule has 0 aromatic carbocycles. The van der Waals surface area contributed by atoms with E-state index in [0.717, 1.165) is 0 Å². The van der Waals surface area contributed by atoms with Crippen LogP contribution in [0.5, 0.6) is 0 Å². The molecule has 3 heterocycles. The molecule has 3 aromatic rings. The molecule has 3 aromatic heterocycles. The Labute approximate surface area is 184 Å². The summed E-state index contributed by atoms with van der Waals surface area (Å²) in [5, 5.41) is 6.91. The number of amides is 1. The molecule has 0 radical (unpaired) electrons. The number of rotatable bonds is 9. The quantitative estimate of drug-likeness (QED) is 0.391. The number of nitrogens with one attached hydrogen (secondary N) is 1. The summed E-state index contributed by atoms with van der Waals surface area (Å²) >= 11 is 0. The number of nitrogens with zero attached hydrogens (tertiary/aromatic N) is 2. The van der Waals surface area contributed by atoms with Gasteiger partial charge in [0, 0.05) is 18.5 Å². The van der Waals surface area contributed by atoms with Crippen LogP contribution >= 0.6 is 0 Å². The molecule has 170 valence electrons. The first-order valence-electron chi connectivity index (χ1n) is 10.2. The standard InChI is InChI=1S/C22H25N3O7/c1-5-29-19(27)7-6-8-23-18(26)11-30-22(28)16-10-17(15-9-12(2)31-14(15)4)24-21-20(16)13(3)25-32-21/h9-10H,5-8,11H2,1-4H3,(H,23,26). The van der Waals surface area contributed by atoms with Gasteiger partial charge in [-0.15, -0.1) is 0 Å². The summed E-state index contributed by atoms with van der Waals surface area (Å²) in [4.78, 5) is 40.5. The van der Waals surface area contributed by atoms with Crippen molar-refractivity contribution in [2.75, 3.05) is 19.8 Å². The van der Waals surface area contributed by atoms with Crippen LogP contribution in [0.25, 0.3) is 22.4 Å². The van der Waals surface area contributed by atoms with Gasteiger partial charge < -0.3 is 23.7 Å². The second kappa shape index (κ2) is 10.1. The lowest BCUT2D eigenvalue weighted by Crippen LogP contribution is -2.30. The molecule has 1 amide bonds. The lowest BCUT2D eigenvalue weighted by atomic mass is 10.1. The Morgan fingerprint density at radius 2 is 1.91 bits per heavy atom. The van der Waals surface area contributed by atoms with Gasteiger partial charge in [0.2, 0.25) is 0 Å². The molecule has 32 heavy (non-hydrogen) atoms. The van der Waals surface area contributed by atoms with Crippen molar-refractivity contribution in [3.8, 4) is 11.3 Å². The minimum absolute atomic E-state index is 0.189. The molecular formula is C22H25N3O7. The fraction of sp³-hybridized carbons (Fsp3) is 0.409. The monoisotopic (exact) mass is 443 g/mol. The van der Waals surface area contributed by atoms with E-state index in [1.54, 1.807) is 26.8 Å². The Bertz CT molecular complexity index is 1150. The van der Waals surface area contributed by atoms with Gasteiger partial charge in [0.05, 0.1) is 28.9 Å². The molecule has 0 aliphatic heterocycles. The molecule has 0 saturated carbocycles. The Morgan fingerprint density at radius 3 is 2.59 bits per heavy atom. The number of pyridine rings is 1. The number of ether oxygens (including phenoxy) is 2. The number of hydrogen-bond acceptors (Lipinski definition) is 9. The molecule has 0 aliphatic carbocycles. The molecule has 0 spiro atoms. The summed E-state index contributed by atoms with van der Waals surface area (Å²) in [7, 11) is 0. The summed E-state index contributed by atoms with van der Waals surface area (Å²) < 4.78 is 20.8. The van der Waals surface area contributed by atoms with E-state index < -0.39 is 18.5 Å². The molecule has 0 unspecified atom stereocenters. The number of fused-ring (bicyclic) bond motifs is 1. The van der Waals surface area contributed by atoms with Crippen LogP contribution in [0.3, 0.4) is 0 Å². The van der Waals surface area contributed by atoms with E-state index in [1.807, 2.05) is 13.0 Å². The van der Waals surface area contributed by atoms with Crippen LogP contribution in [-0.4, -0.2) is 47.7 Å². The van der Waals surface area contributed by atoms with Crippen molar-refractivity contribution < 1.29 is 32.8 Å². The van der Waals surface area contributed by atoms with Crippen molar-refractivity contribution in [1.29, 1.82) is 0 Å². The van der Waals surface area contributed by atoms with Crippen molar-refractivity contribution >= 4 is 28.9 Å². The third kappa shape index (κ3) is 5.32. The summed E-state index contributed by atoms with van der Waals surface area (Å²) in [5.74, 6) is -0.151. The second-order valence-corrected chi connectivity index (χ2v) is 7.16. The molecule has 0 bridgehead atoms. The summed E-state index contributed by atoms with van der Waals surface area (Å²) in [6.07, 6.45) is 0.627. The van der Waals surface area contributed by atoms with Crippen molar-refractivity contribution in [3.63, 3.8) is 0 Å². The normalized spacial score (nSPS) is 10.9. The zero-order valence-electron chi connectivity index (χ0n) is 18.4. The molecule has 1 N–H and O–H groups in total. The minimum Gasteiger partial charge on any atom is -0.466 e. The Balaban J connectivity index is 1.68. The van der Waals surface area contributed by atoms with Crippen LogP contribution < -0.4 is 5.32 Å². The SMILES string of the molecule is CCOC(=O)CCCNC(=O)COC(=O)c1cc(-c2cc(C)oc2C)nc2onc(C)c12. The van der Waals surface area contributed by atoms with E-state index in [0.29, 0.717) is 46.9 Å². The maximum atomic E-state index is 12.8. The van der Waals surface area contributed by atoms with Crippen molar-refractivity contribution in [2.45, 2.75) is 40.5 Å². The number of carbonyl (C=O) groups excluding carboxylic acids is 3. The number of aromatic nitrogens is 2. The van der Waals surface area contributed by atoms with Gasteiger partial charge >= 0.3 is 11.9 Å².